The van der Waals surface area contributed by atoms with Crippen LogP contribution in [0.3, 0.4) is 0 Å². The number of aromatic nitrogens is 1. The summed E-state index contributed by atoms with van der Waals surface area (Å²) >= 11 is 0. The number of nitrogens with zero attached hydrogens (tertiary/aromatic N) is 1. The van der Waals surface area contributed by atoms with Crippen molar-refractivity contribution in [3.8, 4) is 5.75 Å². The molecule has 0 atom stereocenters. The van der Waals surface area contributed by atoms with Crippen molar-refractivity contribution >= 4 is 21.5 Å². The number of benzene rings is 1. The van der Waals surface area contributed by atoms with Crippen LogP contribution in [0.1, 0.15) is 0 Å². The maximum absolute atomic E-state index is 12.2. The van der Waals surface area contributed by atoms with Crippen LogP contribution in [0.4, 0.5) is 11.5 Å². The molecule has 0 amide bonds. The van der Waals surface area contributed by atoms with Crippen LogP contribution < -0.4 is 20.7 Å². The van der Waals surface area contributed by atoms with Crippen molar-refractivity contribution in [3.63, 3.8) is 0 Å². The predicted molar refractivity (Wildman–Crippen MR) is 75.8 cm³/mol. The number of ether oxygens (including phenoxy) is 1. The maximum atomic E-state index is 12.2. The second-order valence-corrected chi connectivity index (χ2v) is 5.51. The number of nitrogen functional groups attached to an aromatic ring is 1. The Morgan fingerprint density at radius 2 is 1.95 bits per heavy atom. The number of rotatable bonds is 5. The second-order valence-electron chi connectivity index (χ2n) is 3.83. The van der Waals surface area contributed by atoms with Crippen LogP contribution in [0.2, 0.25) is 0 Å². The van der Waals surface area contributed by atoms with Gasteiger partial charge < -0.3 is 10.2 Å². The fourth-order valence-corrected chi connectivity index (χ4v) is 2.57. The lowest BCUT2D eigenvalue weighted by Crippen LogP contribution is -2.14. The van der Waals surface area contributed by atoms with Gasteiger partial charge in [-0.3, -0.25) is 4.72 Å². The topological polar surface area (TPSA) is 106 Å². The third-order valence-corrected chi connectivity index (χ3v) is 3.90. The fourth-order valence-electron chi connectivity index (χ4n) is 1.56. The number of nitrogens with one attached hydrogen (secondary N) is 2. The van der Waals surface area contributed by atoms with Gasteiger partial charge in [-0.1, -0.05) is 12.1 Å². The van der Waals surface area contributed by atoms with Crippen LogP contribution in [-0.2, 0) is 10.0 Å². The Morgan fingerprint density at radius 1 is 1.20 bits per heavy atom. The molecule has 1 heterocycles. The lowest BCUT2D eigenvalue weighted by atomic mass is 10.3. The van der Waals surface area contributed by atoms with E-state index in [9.17, 15) is 8.42 Å². The third kappa shape index (κ3) is 2.98. The number of sulfonamides is 1. The third-order valence-electron chi connectivity index (χ3n) is 2.55. The Balaban J connectivity index is 2.30. The largest absolute Gasteiger partial charge is 0.495 e. The van der Waals surface area contributed by atoms with E-state index in [-0.39, 0.29) is 4.90 Å². The van der Waals surface area contributed by atoms with Crippen LogP contribution in [0.15, 0.2) is 47.5 Å². The van der Waals surface area contributed by atoms with E-state index in [1.54, 1.807) is 24.3 Å². The minimum absolute atomic E-state index is 0.0300. The normalized spacial score (nSPS) is 10.9. The molecule has 0 saturated heterocycles. The molecule has 2 rings (SSSR count). The quantitative estimate of drug-likeness (QED) is 0.564. The number of hydrogen-bond acceptors (Lipinski definition) is 6. The number of anilines is 2. The molecule has 0 radical (unpaired) electrons. The van der Waals surface area contributed by atoms with E-state index in [1.807, 2.05) is 0 Å². The molecule has 0 fully saturated rings. The zero-order chi connectivity index (χ0) is 14.6. The van der Waals surface area contributed by atoms with E-state index in [4.69, 9.17) is 10.6 Å². The van der Waals surface area contributed by atoms with Gasteiger partial charge in [0.2, 0.25) is 0 Å². The summed E-state index contributed by atoms with van der Waals surface area (Å²) in [5.41, 5.74) is 2.68. The number of nitrogens with two attached hydrogens (primary N) is 1. The molecule has 2 aromatic rings. The first-order valence-electron chi connectivity index (χ1n) is 5.65. The average molecular weight is 294 g/mol. The molecule has 0 aliphatic carbocycles. The zero-order valence-corrected chi connectivity index (χ0v) is 11.5. The summed E-state index contributed by atoms with van der Waals surface area (Å²) in [7, 11) is -2.26. The van der Waals surface area contributed by atoms with Crippen molar-refractivity contribution in [3.05, 3.63) is 42.6 Å². The Morgan fingerprint density at radius 3 is 2.55 bits per heavy atom. The van der Waals surface area contributed by atoms with E-state index < -0.39 is 10.0 Å². The monoisotopic (exact) mass is 294 g/mol. The molecule has 0 saturated carbocycles. The summed E-state index contributed by atoms with van der Waals surface area (Å²) in [6.07, 6.45) is 1.22. The van der Waals surface area contributed by atoms with E-state index >= 15 is 0 Å². The molecule has 0 aliphatic rings. The van der Waals surface area contributed by atoms with E-state index in [0.717, 1.165) is 0 Å². The zero-order valence-electron chi connectivity index (χ0n) is 10.7. The maximum Gasteiger partial charge on any atom is 0.263 e. The smallest absolute Gasteiger partial charge is 0.263 e. The summed E-state index contributed by atoms with van der Waals surface area (Å²) in [6, 6.07) is 9.61. The van der Waals surface area contributed by atoms with Gasteiger partial charge in [-0.25, -0.2) is 19.2 Å². The minimum Gasteiger partial charge on any atom is -0.495 e. The van der Waals surface area contributed by atoms with Crippen molar-refractivity contribution < 1.29 is 13.2 Å². The highest BCUT2D eigenvalue weighted by Crippen LogP contribution is 2.26. The number of hydrogen-bond donors (Lipinski definition) is 3. The van der Waals surface area contributed by atoms with Crippen molar-refractivity contribution in [2.45, 2.75) is 4.90 Å². The molecular weight excluding hydrogens is 280 g/mol. The van der Waals surface area contributed by atoms with Gasteiger partial charge in [0.15, 0.2) is 0 Å². The Bertz CT molecular complexity index is 686. The lowest BCUT2D eigenvalue weighted by Gasteiger charge is -2.11. The van der Waals surface area contributed by atoms with Crippen LogP contribution in [0, 0.1) is 0 Å². The van der Waals surface area contributed by atoms with Crippen molar-refractivity contribution in [1.82, 2.24) is 4.98 Å². The van der Waals surface area contributed by atoms with Crippen LogP contribution >= 0.6 is 0 Å². The molecule has 0 spiro atoms. The first kappa shape index (κ1) is 14.1. The summed E-state index contributed by atoms with van der Waals surface area (Å²) in [5.74, 6) is 5.99. The van der Waals surface area contributed by atoms with Gasteiger partial charge in [0.1, 0.15) is 16.5 Å². The number of methoxy groups -OCH3 is 1. The van der Waals surface area contributed by atoms with Crippen LogP contribution in [0.5, 0.6) is 5.75 Å². The molecule has 8 heteroatoms. The number of para-hydroxylation sites is 2. The molecular formula is C12H14N4O3S. The SMILES string of the molecule is COc1ccccc1NS(=O)(=O)c1ccc(NN)nc1. The highest BCUT2D eigenvalue weighted by Gasteiger charge is 2.16. The molecule has 1 aromatic carbocycles. The molecule has 106 valence electrons. The molecule has 0 unspecified atom stereocenters. The Hall–Kier alpha value is -2.32. The van der Waals surface area contributed by atoms with E-state index in [1.165, 1.54) is 25.4 Å². The van der Waals surface area contributed by atoms with Gasteiger partial charge in [0, 0.05) is 6.20 Å². The summed E-state index contributed by atoms with van der Waals surface area (Å²) in [4.78, 5) is 3.89. The molecule has 1 aromatic heterocycles. The predicted octanol–water partition coefficient (Wildman–Crippen LogP) is 1.18. The van der Waals surface area contributed by atoms with Gasteiger partial charge in [-0.2, -0.15) is 0 Å². The Kier molecular flexibility index (Phi) is 4.06. The Labute approximate surface area is 116 Å². The molecule has 0 bridgehead atoms. The van der Waals surface area contributed by atoms with E-state index in [2.05, 4.69) is 15.1 Å². The molecule has 4 N–H and O–H groups in total. The summed E-state index contributed by atoms with van der Waals surface area (Å²) in [5, 5.41) is 0. The highest BCUT2D eigenvalue weighted by molar-refractivity contribution is 7.92. The van der Waals surface area contributed by atoms with Crippen molar-refractivity contribution in [2.24, 2.45) is 5.84 Å². The molecule has 0 aliphatic heterocycles. The fraction of sp³-hybridized carbons (Fsp3) is 0.0833. The van der Waals surface area contributed by atoms with Crippen LogP contribution in [0.25, 0.3) is 0 Å². The second kappa shape index (κ2) is 5.76. The van der Waals surface area contributed by atoms with Gasteiger partial charge in [-0.15, -0.1) is 0 Å². The van der Waals surface area contributed by atoms with Gasteiger partial charge in [0.25, 0.3) is 10.0 Å². The number of hydrazine groups is 1. The summed E-state index contributed by atoms with van der Waals surface area (Å²) < 4.78 is 32.0. The standard InChI is InChI=1S/C12H14N4O3S/c1-19-11-5-3-2-4-10(11)16-20(17,18)9-6-7-12(15-13)14-8-9/h2-8,16H,13H2,1H3,(H,14,15). The van der Waals surface area contributed by atoms with Crippen molar-refractivity contribution in [2.75, 3.05) is 17.3 Å². The van der Waals surface area contributed by atoms with Gasteiger partial charge in [0.05, 0.1) is 12.8 Å². The summed E-state index contributed by atoms with van der Waals surface area (Å²) in [6.45, 7) is 0. The first-order chi connectivity index (χ1) is 9.56. The van der Waals surface area contributed by atoms with Gasteiger partial charge in [-0.05, 0) is 24.3 Å². The molecule has 7 nitrogen and oxygen atoms in total. The highest BCUT2D eigenvalue weighted by atomic mass is 32.2. The van der Waals surface area contributed by atoms with Gasteiger partial charge >= 0.3 is 0 Å². The first-order valence-corrected chi connectivity index (χ1v) is 7.13. The minimum atomic E-state index is -3.73. The van der Waals surface area contributed by atoms with Crippen molar-refractivity contribution in [1.29, 1.82) is 0 Å². The average Bonchev–Trinajstić information content (AvgIpc) is 2.47. The lowest BCUT2D eigenvalue weighted by molar-refractivity contribution is 0.417. The number of pyridine rings is 1. The van der Waals surface area contributed by atoms with E-state index in [0.29, 0.717) is 17.3 Å². The molecule has 20 heavy (non-hydrogen) atoms. The van der Waals surface area contributed by atoms with Crippen LogP contribution in [-0.4, -0.2) is 20.5 Å².